The largest absolute Gasteiger partial charge is 0.477 e. The van der Waals surface area contributed by atoms with Crippen molar-refractivity contribution in [2.24, 2.45) is 0 Å². The first kappa shape index (κ1) is 12.2. The molecule has 15 heavy (non-hydrogen) atoms. The smallest absolute Gasteiger partial charge is 0.345 e. The van der Waals surface area contributed by atoms with E-state index in [-0.39, 0.29) is 12.6 Å². The van der Waals surface area contributed by atoms with Gasteiger partial charge in [-0.05, 0) is 26.1 Å². The van der Waals surface area contributed by atoms with Gasteiger partial charge in [0, 0.05) is 17.5 Å². The van der Waals surface area contributed by atoms with E-state index in [2.05, 4.69) is 0 Å². The second-order valence-electron chi connectivity index (χ2n) is 3.52. The zero-order valence-electron chi connectivity index (χ0n) is 8.80. The molecule has 1 aromatic rings. The molecule has 0 saturated heterocycles. The van der Waals surface area contributed by atoms with E-state index in [0.29, 0.717) is 11.4 Å². The van der Waals surface area contributed by atoms with Crippen molar-refractivity contribution in [3.8, 4) is 0 Å². The third-order valence-electron chi connectivity index (χ3n) is 2.29. The number of rotatable bonds is 5. The quantitative estimate of drug-likeness (QED) is 0.798. The fraction of sp³-hybridized carbons (Fsp3) is 0.500. The van der Waals surface area contributed by atoms with E-state index in [1.54, 1.807) is 6.07 Å². The van der Waals surface area contributed by atoms with E-state index in [1.165, 1.54) is 11.3 Å². The first-order valence-electron chi connectivity index (χ1n) is 4.67. The van der Waals surface area contributed by atoms with Crippen molar-refractivity contribution in [3.63, 3.8) is 0 Å². The number of aliphatic hydroxyl groups excluding tert-OH is 1. The second kappa shape index (κ2) is 5.25. The summed E-state index contributed by atoms with van der Waals surface area (Å²) >= 11 is 1.27. The van der Waals surface area contributed by atoms with Crippen molar-refractivity contribution in [1.82, 2.24) is 4.90 Å². The molecule has 0 aliphatic heterocycles. The lowest BCUT2D eigenvalue weighted by Crippen LogP contribution is -2.31. The highest BCUT2D eigenvalue weighted by atomic mass is 32.1. The standard InChI is InChI=1S/C10H15NO3S/c1-7(6-12)11(2)5-8-3-4-9(15-8)10(13)14/h3-4,7,12H,5-6H2,1-2H3,(H,13,14). The number of aliphatic hydroxyl groups is 1. The van der Waals surface area contributed by atoms with E-state index < -0.39 is 5.97 Å². The Balaban J connectivity index is 2.61. The lowest BCUT2D eigenvalue weighted by atomic mass is 10.3. The zero-order chi connectivity index (χ0) is 11.4. The predicted molar refractivity (Wildman–Crippen MR) is 59.3 cm³/mol. The first-order chi connectivity index (χ1) is 7.04. The van der Waals surface area contributed by atoms with Gasteiger partial charge in [-0.3, -0.25) is 4.90 Å². The van der Waals surface area contributed by atoms with Crippen LogP contribution in [0.5, 0.6) is 0 Å². The molecule has 1 unspecified atom stereocenters. The minimum absolute atomic E-state index is 0.0837. The SMILES string of the molecule is CC(CO)N(C)Cc1ccc(C(=O)O)s1. The molecule has 0 aliphatic rings. The molecule has 0 amide bonds. The van der Waals surface area contributed by atoms with E-state index in [4.69, 9.17) is 10.2 Å². The Morgan fingerprint density at radius 3 is 2.73 bits per heavy atom. The van der Waals surface area contributed by atoms with Gasteiger partial charge in [0.2, 0.25) is 0 Å². The minimum atomic E-state index is -0.885. The monoisotopic (exact) mass is 229 g/mol. The molecule has 1 heterocycles. The van der Waals surface area contributed by atoms with Crippen molar-refractivity contribution >= 4 is 17.3 Å². The molecule has 0 saturated carbocycles. The summed E-state index contributed by atoms with van der Waals surface area (Å²) in [6.45, 7) is 2.69. The molecule has 0 aliphatic carbocycles. The fourth-order valence-electron chi connectivity index (χ4n) is 1.12. The molecule has 84 valence electrons. The Morgan fingerprint density at radius 1 is 1.60 bits per heavy atom. The van der Waals surface area contributed by atoms with Gasteiger partial charge < -0.3 is 10.2 Å². The predicted octanol–water partition coefficient (Wildman–Crippen LogP) is 1.26. The number of hydrogen-bond acceptors (Lipinski definition) is 4. The minimum Gasteiger partial charge on any atom is -0.477 e. The number of carboxylic acids is 1. The molecule has 4 nitrogen and oxygen atoms in total. The summed E-state index contributed by atoms with van der Waals surface area (Å²) in [6, 6.07) is 3.51. The lowest BCUT2D eigenvalue weighted by molar-refractivity contribution is 0.0702. The molecule has 0 aromatic carbocycles. The van der Waals surface area contributed by atoms with Crippen LogP contribution in [0.15, 0.2) is 12.1 Å². The number of thiophene rings is 1. The van der Waals surface area contributed by atoms with Crippen molar-refractivity contribution in [2.45, 2.75) is 19.5 Å². The fourth-order valence-corrected chi connectivity index (χ4v) is 2.03. The normalized spacial score (nSPS) is 13.1. The summed E-state index contributed by atoms with van der Waals surface area (Å²) in [5.41, 5.74) is 0. The average molecular weight is 229 g/mol. The van der Waals surface area contributed by atoms with Crippen LogP contribution in [0.2, 0.25) is 0 Å². The highest BCUT2D eigenvalue weighted by Crippen LogP contribution is 2.18. The van der Waals surface area contributed by atoms with Crippen molar-refractivity contribution in [1.29, 1.82) is 0 Å². The molecule has 5 heteroatoms. The average Bonchev–Trinajstić information content (AvgIpc) is 2.65. The molecular formula is C10H15NO3S. The van der Waals surface area contributed by atoms with Crippen LogP contribution in [0.4, 0.5) is 0 Å². The number of carboxylic acid groups (broad SMARTS) is 1. The van der Waals surface area contributed by atoms with E-state index >= 15 is 0 Å². The van der Waals surface area contributed by atoms with Crippen molar-refractivity contribution in [2.75, 3.05) is 13.7 Å². The van der Waals surface area contributed by atoms with Gasteiger partial charge in [0.15, 0.2) is 0 Å². The van der Waals surface area contributed by atoms with Crippen LogP contribution in [0, 0.1) is 0 Å². The third kappa shape index (κ3) is 3.30. The van der Waals surface area contributed by atoms with Gasteiger partial charge in [0.05, 0.1) is 6.61 Å². The molecule has 0 spiro atoms. The Kier molecular flexibility index (Phi) is 4.26. The van der Waals surface area contributed by atoms with E-state index in [9.17, 15) is 4.79 Å². The second-order valence-corrected chi connectivity index (χ2v) is 4.69. The van der Waals surface area contributed by atoms with Gasteiger partial charge in [-0.1, -0.05) is 0 Å². The number of hydrogen-bond donors (Lipinski definition) is 2. The van der Waals surface area contributed by atoms with E-state index in [1.807, 2.05) is 24.9 Å². The molecule has 1 aromatic heterocycles. The van der Waals surface area contributed by atoms with Gasteiger partial charge in [-0.25, -0.2) is 4.79 Å². The molecule has 0 fully saturated rings. The van der Waals surface area contributed by atoms with Crippen LogP contribution >= 0.6 is 11.3 Å². The lowest BCUT2D eigenvalue weighted by Gasteiger charge is -2.21. The summed E-state index contributed by atoms with van der Waals surface area (Å²) in [5.74, 6) is -0.885. The maximum Gasteiger partial charge on any atom is 0.345 e. The van der Waals surface area contributed by atoms with E-state index in [0.717, 1.165) is 4.88 Å². The summed E-state index contributed by atoms with van der Waals surface area (Å²) in [6.07, 6.45) is 0. The maximum absolute atomic E-state index is 10.6. The Bertz CT molecular complexity index is 337. The number of carbonyl (C=O) groups is 1. The van der Waals surface area contributed by atoms with Crippen LogP contribution in [-0.4, -0.2) is 40.8 Å². The molecule has 0 bridgehead atoms. The van der Waals surface area contributed by atoms with Gasteiger partial charge in [-0.15, -0.1) is 11.3 Å². The summed E-state index contributed by atoms with van der Waals surface area (Å²) < 4.78 is 0. The Labute approximate surface area is 92.8 Å². The number of nitrogens with zero attached hydrogens (tertiary/aromatic N) is 1. The maximum atomic E-state index is 10.6. The van der Waals surface area contributed by atoms with Crippen LogP contribution in [0.25, 0.3) is 0 Å². The number of aromatic carboxylic acids is 1. The van der Waals surface area contributed by atoms with Crippen LogP contribution < -0.4 is 0 Å². The molecule has 0 radical (unpaired) electrons. The summed E-state index contributed by atoms with van der Waals surface area (Å²) in [5, 5.41) is 17.7. The molecule has 1 rings (SSSR count). The van der Waals surface area contributed by atoms with Crippen LogP contribution in [-0.2, 0) is 6.54 Å². The van der Waals surface area contributed by atoms with Gasteiger partial charge >= 0.3 is 5.97 Å². The van der Waals surface area contributed by atoms with Crippen LogP contribution in [0.1, 0.15) is 21.5 Å². The highest BCUT2D eigenvalue weighted by Gasteiger charge is 2.11. The number of likely N-dealkylation sites (N-methyl/N-ethyl adjacent to an activating group) is 1. The Morgan fingerprint density at radius 2 is 2.27 bits per heavy atom. The van der Waals surface area contributed by atoms with Gasteiger partial charge in [0.1, 0.15) is 4.88 Å². The third-order valence-corrected chi connectivity index (χ3v) is 3.35. The highest BCUT2D eigenvalue weighted by molar-refractivity contribution is 7.13. The zero-order valence-corrected chi connectivity index (χ0v) is 9.62. The Hall–Kier alpha value is -0.910. The van der Waals surface area contributed by atoms with Crippen molar-refractivity contribution in [3.05, 3.63) is 21.9 Å². The summed E-state index contributed by atoms with van der Waals surface area (Å²) in [7, 11) is 1.90. The van der Waals surface area contributed by atoms with Crippen LogP contribution in [0.3, 0.4) is 0 Å². The molecular weight excluding hydrogens is 214 g/mol. The molecule has 1 atom stereocenters. The van der Waals surface area contributed by atoms with Crippen molar-refractivity contribution < 1.29 is 15.0 Å². The van der Waals surface area contributed by atoms with Gasteiger partial charge in [-0.2, -0.15) is 0 Å². The molecule has 2 N–H and O–H groups in total. The first-order valence-corrected chi connectivity index (χ1v) is 5.49. The van der Waals surface area contributed by atoms with Gasteiger partial charge in [0.25, 0.3) is 0 Å². The topological polar surface area (TPSA) is 60.8 Å². The summed E-state index contributed by atoms with van der Waals surface area (Å²) in [4.78, 5) is 14.0.